The van der Waals surface area contributed by atoms with Crippen LogP contribution in [0.25, 0.3) is 11.0 Å². The van der Waals surface area contributed by atoms with Crippen LogP contribution in [0.5, 0.6) is 5.75 Å². The van der Waals surface area contributed by atoms with E-state index in [9.17, 15) is 29.4 Å². The predicted octanol–water partition coefficient (Wildman–Crippen LogP) is 1.47. The summed E-state index contributed by atoms with van der Waals surface area (Å²) >= 11 is 0. The Morgan fingerprint density at radius 2 is 1.90 bits per heavy atom. The van der Waals surface area contributed by atoms with Gasteiger partial charge in [-0.15, -0.1) is 0 Å². The van der Waals surface area contributed by atoms with Gasteiger partial charge in [-0.3, -0.25) is 9.59 Å². The summed E-state index contributed by atoms with van der Waals surface area (Å²) in [5, 5.41) is 24.2. The molecule has 9 heteroatoms. The predicted molar refractivity (Wildman–Crippen MR) is 109 cm³/mol. The number of amides is 2. The topological polar surface area (TPSA) is 146 Å². The number of phenols is 1. The second-order valence-electron chi connectivity index (χ2n) is 7.22. The van der Waals surface area contributed by atoms with Crippen LogP contribution >= 0.6 is 0 Å². The van der Waals surface area contributed by atoms with Gasteiger partial charge in [0.25, 0.3) is 0 Å². The number of aliphatic carboxylic acids is 1. The number of hydrogen-bond acceptors (Lipinski definition) is 6. The smallest absolute Gasteiger partial charge is 0.339 e. The van der Waals surface area contributed by atoms with Gasteiger partial charge in [0.1, 0.15) is 17.4 Å². The Bertz CT molecular complexity index is 1010. The summed E-state index contributed by atoms with van der Waals surface area (Å²) in [5.41, 5.74) is 0.672. The van der Waals surface area contributed by atoms with Crippen molar-refractivity contribution < 1.29 is 29.0 Å². The van der Waals surface area contributed by atoms with E-state index in [2.05, 4.69) is 10.6 Å². The summed E-state index contributed by atoms with van der Waals surface area (Å²) in [6, 6.07) is 3.44. The third-order valence-corrected chi connectivity index (χ3v) is 5.11. The number of phenolic OH excluding ortho intramolecular Hbond substituents is 1. The molecule has 2 atom stereocenters. The number of aryl methyl sites for hydroxylation is 1. The van der Waals surface area contributed by atoms with Gasteiger partial charge in [0.2, 0.25) is 11.8 Å². The first-order valence-electron chi connectivity index (χ1n) is 9.68. The van der Waals surface area contributed by atoms with Gasteiger partial charge in [-0.2, -0.15) is 0 Å². The molecule has 1 aromatic carbocycles. The molecule has 0 aliphatic rings. The molecule has 0 radical (unpaired) electrons. The number of aromatic hydroxyl groups is 1. The van der Waals surface area contributed by atoms with Crippen LogP contribution in [0.4, 0.5) is 0 Å². The Balaban J connectivity index is 1.95. The molecular weight excluding hydrogens is 392 g/mol. The molecule has 0 saturated carbocycles. The fraction of sp³-hybridized carbons (Fsp3) is 0.429. The van der Waals surface area contributed by atoms with Crippen molar-refractivity contribution >= 4 is 28.8 Å². The van der Waals surface area contributed by atoms with Gasteiger partial charge in [0.05, 0.1) is 6.54 Å². The van der Waals surface area contributed by atoms with Crippen LogP contribution in [0.1, 0.15) is 37.8 Å². The van der Waals surface area contributed by atoms with Crippen LogP contribution in [0.2, 0.25) is 0 Å². The summed E-state index contributed by atoms with van der Waals surface area (Å²) in [4.78, 5) is 47.5. The highest BCUT2D eigenvalue weighted by Gasteiger charge is 2.25. The van der Waals surface area contributed by atoms with Crippen LogP contribution < -0.4 is 16.3 Å². The number of carboxylic acid groups (broad SMARTS) is 1. The molecular formula is C21H26N2O7. The number of hydrogen-bond donors (Lipinski definition) is 4. The first kappa shape index (κ1) is 22.9. The SMILES string of the molecule is CC[C@H](C)[C@@H](NC(=O)CNC(=O)CCc1c(C)c2ccc(O)cc2oc1=O)C(=O)O. The van der Waals surface area contributed by atoms with Gasteiger partial charge in [-0.05, 0) is 37.0 Å². The highest BCUT2D eigenvalue weighted by molar-refractivity contribution is 5.88. The number of nitrogens with one attached hydrogen (secondary N) is 2. The monoisotopic (exact) mass is 418 g/mol. The van der Waals surface area contributed by atoms with Crippen molar-refractivity contribution in [2.24, 2.45) is 5.92 Å². The molecule has 0 fully saturated rings. The Hall–Kier alpha value is -3.36. The van der Waals surface area contributed by atoms with E-state index >= 15 is 0 Å². The van der Waals surface area contributed by atoms with Crippen molar-refractivity contribution in [3.8, 4) is 5.75 Å². The number of carbonyl (C=O) groups is 3. The van der Waals surface area contributed by atoms with Crippen LogP contribution in [0.3, 0.4) is 0 Å². The maximum Gasteiger partial charge on any atom is 0.339 e. The standard InChI is InChI=1S/C21H26N2O7/c1-4-11(2)19(20(27)28)23-18(26)10-22-17(25)8-7-15-12(3)14-6-5-13(24)9-16(14)30-21(15)29/h5-6,9,11,19,24H,4,7-8,10H2,1-3H3,(H,22,25)(H,23,26)(H,27,28)/t11-,19+/m0/s1. The quantitative estimate of drug-likeness (QED) is 0.451. The van der Waals surface area contributed by atoms with Crippen LogP contribution in [0, 0.1) is 12.8 Å². The lowest BCUT2D eigenvalue weighted by atomic mass is 9.99. The Labute approximate surface area is 173 Å². The molecule has 0 bridgehead atoms. The van der Waals surface area contributed by atoms with Crippen molar-refractivity contribution in [1.29, 1.82) is 0 Å². The molecule has 1 aromatic heterocycles. The van der Waals surface area contributed by atoms with E-state index in [4.69, 9.17) is 4.42 Å². The van der Waals surface area contributed by atoms with Gasteiger partial charge in [-0.1, -0.05) is 20.3 Å². The maximum atomic E-state index is 12.2. The number of carboxylic acids is 1. The molecule has 30 heavy (non-hydrogen) atoms. The van der Waals surface area contributed by atoms with E-state index in [1.807, 2.05) is 6.92 Å². The highest BCUT2D eigenvalue weighted by Crippen LogP contribution is 2.23. The van der Waals surface area contributed by atoms with Gasteiger partial charge < -0.3 is 25.3 Å². The van der Waals surface area contributed by atoms with Crippen molar-refractivity contribution in [3.05, 3.63) is 39.7 Å². The molecule has 2 rings (SSSR count). The lowest BCUT2D eigenvalue weighted by molar-refractivity contribution is -0.143. The number of carbonyl (C=O) groups excluding carboxylic acids is 2. The minimum absolute atomic E-state index is 0.0195. The first-order chi connectivity index (χ1) is 14.1. The van der Waals surface area contributed by atoms with Gasteiger partial charge in [-0.25, -0.2) is 9.59 Å². The molecule has 162 valence electrons. The normalized spacial score (nSPS) is 12.9. The molecule has 9 nitrogen and oxygen atoms in total. The number of rotatable bonds is 9. The Morgan fingerprint density at radius 1 is 1.20 bits per heavy atom. The van der Waals surface area contributed by atoms with Crippen molar-refractivity contribution in [2.75, 3.05) is 6.54 Å². The zero-order valence-electron chi connectivity index (χ0n) is 17.2. The van der Waals surface area contributed by atoms with Gasteiger partial charge in [0, 0.05) is 23.4 Å². The Kier molecular flexibility index (Phi) is 7.57. The van der Waals surface area contributed by atoms with Crippen molar-refractivity contribution in [1.82, 2.24) is 10.6 Å². The molecule has 0 aliphatic carbocycles. The van der Waals surface area contributed by atoms with Crippen molar-refractivity contribution in [3.63, 3.8) is 0 Å². The summed E-state index contributed by atoms with van der Waals surface area (Å²) in [6.45, 7) is 4.92. The Morgan fingerprint density at radius 3 is 2.53 bits per heavy atom. The second kappa shape index (κ2) is 9.91. The van der Waals surface area contributed by atoms with E-state index < -0.39 is 29.5 Å². The third kappa shape index (κ3) is 5.59. The lowest BCUT2D eigenvalue weighted by Crippen LogP contribution is -2.48. The molecule has 0 spiro atoms. The average Bonchev–Trinajstić information content (AvgIpc) is 2.69. The summed E-state index contributed by atoms with van der Waals surface area (Å²) in [5.74, 6) is -2.45. The summed E-state index contributed by atoms with van der Waals surface area (Å²) < 4.78 is 5.22. The molecule has 1 heterocycles. The maximum absolute atomic E-state index is 12.2. The molecule has 0 unspecified atom stereocenters. The molecule has 2 amide bonds. The molecule has 2 aromatic rings. The van der Waals surface area contributed by atoms with E-state index in [0.717, 1.165) is 0 Å². The minimum atomic E-state index is -1.13. The average molecular weight is 418 g/mol. The fourth-order valence-corrected chi connectivity index (χ4v) is 3.09. The van der Waals surface area contributed by atoms with E-state index in [-0.39, 0.29) is 36.6 Å². The summed E-state index contributed by atoms with van der Waals surface area (Å²) in [6.07, 6.45) is 0.649. The first-order valence-corrected chi connectivity index (χ1v) is 9.68. The molecule has 0 saturated heterocycles. The zero-order chi connectivity index (χ0) is 22.4. The second-order valence-corrected chi connectivity index (χ2v) is 7.22. The zero-order valence-corrected chi connectivity index (χ0v) is 17.2. The molecule has 4 N–H and O–H groups in total. The highest BCUT2D eigenvalue weighted by atomic mass is 16.4. The van der Waals surface area contributed by atoms with Crippen LogP contribution in [-0.4, -0.2) is 40.6 Å². The minimum Gasteiger partial charge on any atom is -0.508 e. The third-order valence-electron chi connectivity index (χ3n) is 5.11. The van der Waals surface area contributed by atoms with E-state index in [1.165, 1.54) is 12.1 Å². The largest absolute Gasteiger partial charge is 0.508 e. The van der Waals surface area contributed by atoms with Crippen LogP contribution in [-0.2, 0) is 20.8 Å². The van der Waals surface area contributed by atoms with E-state index in [1.54, 1.807) is 19.9 Å². The number of benzene rings is 1. The van der Waals surface area contributed by atoms with Crippen molar-refractivity contribution in [2.45, 2.75) is 46.1 Å². The summed E-state index contributed by atoms with van der Waals surface area (Å²) in [7, 11) is 0. The molecule has 0 aliphatic heterocycles. The number of fused-ring (bicyclic) bond motifs is 1. The fourth-order valence-electron chi connectivity index (χ4n) is 3.09. The van der Waals surface area contributed by atoms with Gasteiger partial charge in [0.15, 0.2) is 0 Å². The van der Waals surface area contributed by atoms with Crippen LogP contribution in [0.15, 0.2) is 27.4 Å². The van der Waals surface area contributed by atoms with Gasteiger partial charge >= 0.3 is 11.6 Å². The lowest BCUT2D eigenvalue weighted by Gasteiger charge is -2.20. The van der Waals surface area contributed by atoms with E-state index in [0.29, 0.717) is 22.9 Å².